The van der Waals surface area contributed by atoms with Crippen molar-refractivity contribution in [2.75, 3.05) is 0 Å². The van der Waals surface area contributed by atoms with E-state index in [0.29, 0.717) is 16.1 Å². The molecule has 0 saturated carbocycles. The van der Waals surface area contributed by atoms with Crippen LogP contribution in [0.3, 0.4) is 0 Å². The second-order valence-electron chi connectivity index (χ2n) is 4.76. The Morgan fingerprint density at radius 1 is 1.05 bits per heavy atom. The summed E-state index contributed by atoms with van der Waals surface area (Å²) < 4.78 is 8.43. The highest BCUT2D eigenvalue weighted by Gasteiger charge is 2.05. The van der Waals surface area contributed by atoms with E-state index in [4.69, 9.17) is 0 Å². The van der Waals surface area contributed by atoms with Crippen LogP contribution in [0.1, 0.15) is 5.56 Å². The number of benzene rings is 2. The maximum atomic E-state index is 12.0. The fraction of sp³-hybridized carbons (Fsp3) is 0.0667. The maximum Gasteiger partial charge on any atom is 0.259 e. The number of fused-ring (bicyclic) bond motifs is 2. The normalized spacial score (nSPS) is 11.3. The molecule has 0 spiro atoms. The molecule has 0 radical (unpaired) electrons. The van der Waals surface area contributed by atoms with E-state index in [9.17, 15) is 4.79 Å². The molecule has 7 heteroatoms. The minimum atomic E-state index is -0.104. The monoisotopic (exact) mass is 326 g/mol. The average Bonchev–Trinajstić information content (AvgIpc) is 3.00. The van der Waals surface area contributed by atoms with Crippen LogP contribution >= 0.6 is 23.5 Å². The number of para-hydroxylation sites is 1. The summed E-state index contributed by atoms with van der Waals surface area (Å²) in [6.45, 7) is 0. The zero-order valence-electron chi connectivity index (χ0n) is 11.3. The molecule has 0 amide bonds. The zero-order valence-corrected chi connectivity index (χ0v) is 12.9. The van der Waals surface area contributed by atoms with E-state index in [2.05, 4.69) is 18.7 Å². The van der Waals surface area contributed by atoms with Crippen LogP contribution in [0.2, 0.25) is 0 Å². The molecule has 4 rings (SSSR count). The van der Waals surface area contributed by atoms with Crippen LogP contribution in [0.5, 0.6) is 0 Å². The van der Waals surface area contributed by atoms with E-state index in [1.165, 1.54) is 23.5 Å². The van der Waals surface area contributed by atoms with E-state index in [-0.39, 0.29) is 5.56 Å². The van der Waals surface area contributed by atoms with E-state index >= 15 is 0 Å². The molecule has 22 heavy (non-hydrogen) atoms. The predicted octanol–water partition coefficient (Wildman–Crippen LogP) is 3.22. The molecule has 108 valence electrons. The van der Waals surface area contributed by atoms with Crippen LogP contribution in [0.4, 0.5) is 0 Å². The topological polar surface area (TPSA) is 71.5 Å². The lowest BCUT2D eigenvalue weighted by Crippen LogP contribution is -2.08. The number of hydrogen-bond donors (Lipinski definition) is 1. The van der Waals surface area contributed by atoms with Crippen molar-refractivity contribution in [1.82, 2.24) is 18.7 Å². The molecule has 0 atom stereocenters. The number of thioether (sulfide) groups is 1. The zero-order chi connectivity index (χ0) is 14.9. The van der Waals surface area contributed by atoms with Crippen molar-refractivity contribution >= 4 is 45.4 Å². The first-order valence-corrected chi connectivity index (χ1v) is 8.34. The summed E-state index contributed by atoms with van der Waals surface area (Å²) in [4.78, 5) is 19.3. The van der Waals surface area contributed by atoms with Gasteiger partial charge in [-0.1, -0.05) is 30.0 Å². The Labute approximate surface area is 133 Å². The summed E-state index contributed by atoms with van der Waals surface area (Å²) in [5, 5.41) is 1.24. The van der Waals surface area contributed by atoms with Gasteiger partial charge in [0.2, 0.25) is 0 Å². The van der Waals surface area contributed by atoms with Gasteiger partial charge in [-0.3, -0.25) is 4.79 Å². The number of hydrogen-bond acceptors (Lipinski definition) is 6. The minimum Gasteiger partial charge on any atom is -0.301 e. The van der Waals surface area contributed by atoms with Gasteiger partial charge in [0.15, 0.2) is 5.16 Å². The standard InChI is InChI=1S/C15H10N4OS2/c20-14-10-3-1-2-4-11(10)16-15(17-14)21-8-9-5-6-12-13(7-9)19-22-18-12/h1-7H,8H2,(H,16,17,20). The summed E-state index contributed by atoms with van der Waals surface area (Å²) in [6.07, 6.45) is 0. The predicted molar refractivity (Wildman–Crippen MR) is 89.3 cm³/mol. The van der Waals surface area contributed by atoms with Crippen LogP contribution in [0.25, 0.3) is 21.9 Å². The second kappa shape index (κ2) is 5.51. The molecule has 2 aromatic heterocycles. The molecule has 0 bridgehead atoms. The lowest BCUT2D eigenvalue weighted by Gasteiger charge is -2.03. The lowest BCUT2D eigenvalue weighted by molar-refractivity contribution is 0.974. The molecule has 0 saturated heterocycles. The number of H-pyrrole nitrogens is 1. The first-order chi connectivity index (χ1) is 10.8. The van der Waals surface area contributed by atoms with Gasteiger partial charge in [0.25, 0.3) is 5.56 Å². The average molecular weight is 326 g/mol. The summed E-state index contributed by atoms with van der Waals surface area (Å²) in [7, 11) is 0. The first kappa shape index (κ1) is 13.4. The van der Waals surface area contributed by atoms with Crippen molar-refractivity contribution in [2.45, 2.75) is 10.9 Å². The van der Waals surface area contributed by atoms with Crippen molar-refractivity contribution < 1.29 is 0 Å². The molecule has 2 heterocycles. The molecule has 0 fully saturated rings. The van der Waals surface area contributed by atoms with Gasteiger partial charge in [0.1, 0.15) is 11.0 Å². The van der Waals surface area contributed by atoms with Crippen LogP contribution < -0.4 is 5.56 Å². The van der Waals surface area contributed by atoms with Gasteiger partial charge in [-0.25, -0.2) is 4.98 Å². The third kappa shape index (κ3) is 2.49. The number of rotatable bonds is 3. The number of aromatic nitrogens is 4. The third-order valence-electron chi connectivity index (χ3n) is 3.28. The second-order valence-corrected chi connectivity index (χ2v) is 6.26. The van der Waals surface area contributed by atoms with Gasteiger partial charge in [-0.15, -0.1) is 0 Å². The van der Waals surface area contributed by atoms with Crippen molar-refractivity contribution in [3.8, 4) is 0 Å². The van der Waals surface area contributed by atoms with Gasteiger partial charge < -0.3 is 4.98 Å². The van der Waals surface area contributed by atoms with Gasteiger partial charge in [-0.2, -0.15) is 8.75 Å². The number of nitrogens with one attached hydrogen (secondary N) is 1. The van der Waals surface area contributed by atoms with Crippen molar-refractivity contribution in [3.05, 3.63) is 58.4 Å². The van der Waals surface area contributed by atoms with Gasteiger partial charge >= 0.3 is 0 Å². The smallest absolute Gasteiger partial charge is 0.259 e. The fourth-order valence-electron chi connectivity index (χ4n) is 2.20. The fourth-order valence-corrected chi connectivity index (χ4v) is 3.53. The highest BCUT2D eigenvalue weighted by molar-refractivity contribution is 7.98. The van der Waals surface area contributed by atoms with Crippen LogP contribution in [-0.2, 0) is 5.75 Å². The molecular weight excluding hydrogens is 316 g/mol. The van der Waals surface area contributed by atoms with Crippen molar-refractivity contribution in [1.29, 1.82) is 0 Å². The quantitative estimate of drug-likeness (QED) is 0.462. The molecule has 5 nitrogen and oxygen atoms in total. The largest absolute Gasteiger partial charge is 0.301 e. The highest BCUT2D eigenvalue weighted by Crippen LogP contribution is 2.22. The summed E-state index contributed by atoms with van der Waals surface area (Å²) >= 11 is 2.71. The molecule has 0 aliphatic rings. The van der Waals surface area contributed by atoms with Crippen LogP contribution in [0.15, 0.2) is 52.4 Å². The Bertz CT molecular complexity index is 1020. The van der Waals surface area contributed by atoms with E-state index in [1.807, 2.05) is 36.4 Å². The number of nitrogens with zero attached hydrogens (tertiary/aromatic N) is 3. The summed E-state index contributed by atoms with van der Waals surface area (Å²) in [5.41, 5.74) is 3.56. The first-order valence-electron chi connectivity index (χ1n) is 6.63. The Hall–Kier alpha value is -2.25. The SMILES string of the molecule is O=c1[nH]c(SCc2ccc3nsnc3c2)nc2ccccc12. The maximum absolute atomic E-state index is 12.0. The Morgan fingerprint density at radius 2 is 1.91 bits per heavy atom. The minimum absolute atomic E-state index is 0.104. The van der Waals surface area contributed by atoms with Crippen LogP contribution in [-0.4, -0.2) is 18.7 Å². The molecule has 0 unspecified atom stereocenters. The molecule has 4 aromatic rings. The van der Waals surface area contributed by atoms with Gasteiger partial charge in [0, 0.05) is 5.75 Å². The van der Waals surface area contributed by atoms with Gasteiger partial charge in [0.05, 0.1) is 22.6 Å². The van der Waals surface area contributed by atoms with E-state index in [0.717, 1.165) is 22.3 Å². The Morgan fingerprint density at radius 3 is 2.86 bits per heavy atom. The summed E-state index contributed by atoms with van der Waals surface area (Å²) in [5.74, 6) is 0.717. The Balaban J connectivity index is 1.62. The van der Waals surface area contributed by atoms with Crippen molar-refractivity contribution in [2.24, 2.45) is 0 Å². The van der Waals surface area contributed by atoms with E-state index < -0.39 is 0 Å². The highest BCUT2D eigenvalue weighted by atomic mass is 32.2. The van der Waals surface area contributed by atoms with Crippen LogP contribution in [0, 0.1) is 0 Å². The number of aromatic amines is 1. The van der Waals surface area contributed by atoms with Gasteiger partial charge in [-0.05, 0) is 29.8 Å². The molecule has 2 aromatic carbocycles. The summed E-state index contributed by atoms with van der Waals surface area (Å²) in [6, 6.07) is 13.3. The molecular formula is C15H10N4OS2. The Kier molecular flexibility index (Phi) is 3.36. The third-order valence-corrected chi connectivity index (χ3v) is 4.79. The lowest BCUT2D eigenvalue weighted by atomic mass is 10.2. The van der Waals surface area contributed by atoms with Crippen molar-refractivity contribution in [3.63, 3.8) is 0 Å². The molecule has 0 aliphatic carbocycles. The van der Waals surface area contributed by atoms with E-state index in [1.54, 1.807) is 6.07 Å². The molecule has 0 aliphatic heterocycles. The molecule has 1 N–H and O–H groups in total.